The quantitative estimate of drug-likeness (QED) is 0.691. The summed E-state index contributed by atoms with van der Waals surface area (Å²) in [5.74, 6) is 0.561. The molecule has 1 N–H and O–H groups in total. The van der Waals surface area contributed by atoms with Crippen LogP contribution in [0.15, 0.2) is 42.6 Å². The Kier molecular flexibility index (Phi) is 4.47. The van der Waals surface area contributed by atoms with E-state index in [0.29, 0.717) is 5.88 Å². The molecule has 0 radical (unpaired) electrons. The lowest BCUT2D eigenvalue weighted by Crippen LogP contribution is -1.92. The van der Waals surface area contributed by atoms with Crippen LogP contribution in [0.4, 0.5) is 0 Å². The first kappa shape index (κ1) is 13.2. The highest BCUT2D eigenvalue weighted by atomic mass is 35.5. The standard InChI is InChI=1S/C13H12ClNO2S/c14-7-13-6-5-12(8-15-13)11-3-1-10(2-4-11)9-18(16)17/h1-6,8H,7,9H2,(H,16,17). The van der Waals surface area contributed by atoms with E-state index in [1.165, 1.54) is 0 Å². The second kappa shape index (κ2) is 6.09. The molecule has 1 atom stereocenters. The molecule has 0 amide bonds. The molecule has 0 saturated heterocycles. The molecular formula is C13H12ClNO2S. The molecule has 0 fully saturated rings. The Labute approximate surface area is 113 Å². The van der Waals surface area contributed by atoms with Crippen LogP contribution in [-0.4, -0.2) is 13.7 Å². The zero-order valence-electron chi connectivity index (χ0n) is 9.54. The topological polar surface area (TPSA) is 50.2 Å². The second-order valence-corrected chi connectivity index (χ2v) is 5.03. The van der Waals surface area contributed by atoms with E-state index in [9.17, 15) is 4.21 Å². The van der Waals surface area contributed by atoms with Gasteiger partial charge in [-0.2, -0.15) is 0 Å². The summed E-state index contributed by atoms with van der Waals surface area (Å²) in [7, 11) is 0. The number of benzene rings is 1. The molecule has 94 valence electrons. The van der Waals surface area contributed by atoms with Gasteiger partial charge in [0, 0.05) is 11.8 Å². The molecule has 0 aliphatic heterocycles. The largest absolute Gasteiger partial charge is 0.306 e. The molecular weight excluding hydrogens is 270 g/mol. The van der Waals surface area contributed by atoms with Crippen LogP contribution >= 0.6 is 11.6 Å². The second-order valence-electron chi connectivity index (χ2n) is 3.83. The molecule has 0 aliphatic carbocycles. The van der Waals surface area contributed by atoms with Gasteiger partial charge in [-0.25, -0.2) is 4.21 Å². The van der Waals surface area contributed by atoms with Crippen molar-refractivity contribution < 1.29 is 8.76 Å². The van der Waals surface area contributed by atoms with Gasteiger partial charge in [0.2, 0.25) is 0 Å². The first-order chi connectivity index (χ1) is 8.69. The van der Waals surface area contributed by atoms with Crippen molar-refractivity contribution in [3.63, 3.8) is 0 Å². The summed E-state index contributed by atoms with van der Waals surface area (Å²) >= 11 is 3.88. The van der Waals surface area contributed by atoms with Crippen molar-refractivity contribution in [3.05, 3.63) is 53.9 Å². The summed E-state index contributed by atoms with van der Waals surface area (Å²) in [6.07, 6.45) is 1.77. The van der Waals surface area contributed by atoms with Gasteiger partial charge >= 0.3 is 0 Å². The van der Waals surface area contributed by atoms with Crippen molar-refractivity contribution in [3.8, 4) is 11.1 Å². The van der Waals surface area contributed by atoms with Crippen LogP contribution < -0.4 is 0 Å². The third-order valence-corrected chi connectivity index (χ3v) is 3.39. The Morgan fingerprint density at radius 1 is 1.11 bits per heavy atom. The molecule has 2 rings (SSSR count). The van der Waals surface area contributed by atoms with Gasteiger partial charge in [0.05, 0.1) is 17.3 Å². The Hall–Kier alpha value is -1.23. The number of aromatic nitrogens is 1. The molecule has 2 aromatic rings. The molecule has 1 unspecified atom stereocenters. The summed E-state index contributed by atoms with van der Waals surface area (Å²) in [5, 5.41) is 0. The summed E-state index contributed by atoms with van der Waals surface area (Å²) in [6.45, 7) is 0. The Bertz CT molecular complexity index is 540. The number of halogens is 1. The van der Waals surface area contributed by atoms with Gasteiger partial charge in [0.1, 0.15) is 0 Å². The fourth-order valence-corrected chi connectivity index (χ4v) is 2.25. The molecule has 1 aromatic carbocycles. The minimum atomic E-state index is -1.80. The summed E-state index contributed by atoms with van der Waals surface area (Å²) in [6, 6.07) is 11.4. The number of alkyl halides is 1. The third kappa shape index (κ3) is 3.38. The normalized spacial score (nSPS) is 12.3. The van der Waals surface area contributed by atoms with E-state index >= 15 is 0 Å². The van der Waals surface area contributed by atoms with Crippen LogP contribution in [-0.2, 0) is 22.7 Å². The molecule has 3 nitrogen and oxygen atoms in total. The van der Waals surface area contributed by atoms with Gasteiger partial charge in [-0.15, -0.1) is 11.6 Å². The van der Waals surface area contributed by atoms with Gasteiger partial charge in [-0.3, -0.25) is 4.98 Å². The lowest BCUT2D eigenvalue weighted by Gasteiger charge is -2.03. The smallest absolute Gasteiger partial charge is 0.157 e. The molecule has 18 heavy (non-hydrogen) atoms. The van der Waals surface area contributed by atoms with Crippen LogP contribution in [0.25, 0.3) is 11.1 Å². The minimum Gasteiger partial charge on any atom is -0.306 e. The van der Waals surface area contributed by atoms with Crippen molar-refractivity contribution >= 4 is 22.7 Å². The fraction of sp³-hybridized carbons (Fsp3) is 0.154. The van der Waals surface area contributed by atoms with E-state index in [-0.39, 0.29) is 5.75 Å². The van der Waals surface area contributed by atoms with E-state index in [2.05, 4.69) is 4.98 Å². The van der Waals surface area contributed by atoms with Gasteiger partial charge in [-0.1, -0.05) is 30.3 Å². The van der Waals surface area contributed by atoms with Crippen molar-refractivity contribution in [2.45, 2.75) is 11.6 Å². The average Bonchev–Trinajstić information content (AvgIpc) is 2.39. The zero-order chi connectivity index (χ0) is 13.0. The summed E-state index contributed by atoms with van der Waals surface area (Å²) < 4.78 is 19.5. The summed E-state index contributed by atoms with van der Waals surface area (Å²) in [5.41, 5.74) is 3.70. The molecule has 0 aliphatic rings. The fourth-order valence-electron chi connectivity index (χ4n) is 1.61. The van der Waals surface area contributed by atoms with E-state index in [1.807, 2.05) is 36.4 Å². The predicted molar refractivity (Wildman–Crippen MR) is 73.7 cm³/mol. The van der Waals surface area contributed by atoms with Gasteiger partial charge in [-0.05, 0) is 17.2 Å². The maximum absolute atomic E-state index is 10.7. The van der Waals surface area contributed by atoms with Crippen molar-refractivity contribution in [2.24, 2.45) is 0 Å². The zero-order valence-corrected chi connectivity index (χ0v) is 11.1. The first-order valence-corrected chi connectivity index (χ1v) is 7.18. The van der Waals surface area contributed by atoms with Crippen LogP contribution in [0.1, 0.15) is 11.3 Å². The molecule has 5 heteroatoms. The SMILES string of the molecule is O=S(O)Cc1ccc(-c2ccc(CCl)nc2)cc1. The lowest BCUT2D eigenvalue weighted by atomic mass is 10.1. The lowest BCUT2D eigenvalue weighted by molar-refractivity contribution is 0.563. The van der Waals surface area contributed by atoms with Crippen LogP contribution in [0.5, 0.6) is 0 Å². The van der Waals surface area contributed by atoms with Crippen LogP contribution in [0.2, 0.25) is 0 Å². The van der Waals surface area contributed by atoms with E-state index in [1.54, 1.807) is 6.20 Å². The highest BCUT2D eigenvalue weighted by Gasteiger charge is 2.01. The Morgan fingerprint density at radius 3 is 2.28 bits per heavy atom. The molecule has 1 aromatic heterocycles. The monoisotopic (exact) mass is 281 g/mol. The average molecular weight is 282 g/mol. The number of nitrogens with zero attached hydrogens (tertiary/aromatic N) is 1. The first-order valence-electron chi connectivity index (χ1n) is 5.36. The van der Waals surface area contributed by atoms with Crippen molar-refractivity contribution in [2.75, 3.05) is 0 Å². The maximum atomic E-state index is 10.7. The highest BCUT2D eigenvalue weighted by Crippen LogP contribution is 2.19. The molecule has 0 spiro atoms. The van der Waals surface area contributed by atoms with Gasteiger partial charge in [0.25, 0.3) is 0 Å². The number of pyridine rings is 1. The van der Waals surface area contributed by atoms with Crippen LogP contribution in [0, 0.1) is 0 Å². The Morgan fingerprint density at radius 2 is 1.78 bits per heavy atom. The predicted octanol–water partition coefficient (Wildman–Crippen LogP) is 3.21. The third-order valence-electron chi connectivity index (χ3n) is 2.54. The number of rotatable bonds is 4. The van der Waals surface area contributed by atoms with E-state index in [4.69, 9.17) is 16.2 Å². The van der Waals surface area contributed by atoms with Crippen LogP contribution in [0.3, 0.4) is 0 Å². The number of hydrogen-bond acceptors (Lipinski definition) is 2. The maximum Gasteiger partial charge on any atom is 0.157 e. The van der Waals surface area contributed by atoms with Crippen molar-refractivity contribution in [1.82, 2.24) is 4.98 Å². The highest BCUT2D eigenvalue weighted by molar-refractivity contribution is 7.78. The molecule has 1 heterocycles. The minimum absolute atomic E-state index is 0.156. The summed E-state index contributed by atoms with van der Waals surface area (Å²) in [4.78, 5) is 4.22. The van der Waals surface area contributed by atoms with Crippen molar-refractivity contribution in [1.29, 1.82) is 0 Å². The molecule has 0 bridgehead atoms. The van der Waals surface area contributed by atoms with E-state index in [0.717, 1.165) is 22.4 Å². The van der Waals surface area contributed by atoms with Gasteiger partial charge in [0.15, 0.2) is 11.1 Å². The number of hydrogen-bond donors (Lipinski definition) is 1. The van der Waals surface area contributed by atoms with Gasteiger partial charge < -0.3 is 4.55 Å². The van der Waals surface area contributed by atoms with E-state index < -0.39 is 11.1 Å². The Balaban J connectivity index is 2.20. The molecule has 0 saturated carbocycles.